The van der Waals surface area contributed by atoms with Crippen LogP contribution in [0.5, 0.6) is 5.75 Å². The van der Waals surface area contributed by atoms with Crippen molar-refractivity contribution in [2.45, 2.75) is 17.5 Å². The summed E-state index contributed by atoms with van der Waals surface area (Å²) in [5.41, 5.74) is 0.536. The Morgan fingerprint density at radius 3 is 2.58 bits per heavy atom. The lowest BCUT2D eigenvalue weighted by molar-refractivity contribution is -0.139. The first-order valence-electron chi connectivity index (χ1n) is 9.41. The van der Waals surface area contributed by atoms with Gasteiger partial charge in [0.2, 0.25) is 0 Å². The van der Waals surface area contributed by atoms with Crippen LogP contribution in [0.2, 0.25) is 0 Å². The number of nitrogens with zero attached hydrogens (tertiary/aromatic N) is 3. The SMILES string of the molecule is CSc1cc2c(cc1C(F)(F)F)N(C(=O)N(Oc1ccccc1)c1cccnc1)CC2. The van der Waals surface area contributed by atoms with Crippen LogP contribution in [0.25, 0.3) is 0 Å². The minimum Gasteiger partial charge on any atom is -0.370 e. The number of benzene rings is 2. The monoisotopic (exact) mass is 445 g/mol. The molecule has 0 aliphatic carbocycles. The van der Waals surface area contributed by atoms with Gasteiger partial charge in [0.05, 0.1) is 11.8 Å². The van der Waals surface area contributed by atoms with Gasteiger partial charge in [0, 0.05) is 23.3 Å². The molecule has 0 atom stereocenters. The lowest BCUT2D eigenvalue weighted by Gasteiger charge is -2.28. The van der Waals surface area contributed by atoms with Gasteiger partial charge in [0.15, 0.2) is 5.75 Å². The van der Waals surface area contributed by atoms with Crippen LogP contribution in [-0.4, -0.2) is 23.8 Å². The van der Waals surface area contributed by atoms with Crippen LogP contribution >= 0.6 is 11.8 Å². The number of alkyl halides is 3. The second-order valence-electron chi connectivity index (χ2n) is 6.77. The summed E-state index contributed by atoms with van der Waals surface area (Å²) in [7, 11) is 0. The molecule has 1 aliphatic rings. The van der Waals surface area contributed by atoms with Crippen LogP contribution in [0.3, 0.4) is 0 Å². The molecule has 31 heavy (non-hydrogen) atoms. The molecule has 0 saturated carbocycles. The minimum atomic E-state index is -4.52. The van der Waals surface area contributed by atoms with Gasteiger partial charge >= 0.3 is 12.2 Å². The number of pyridine rings is 1. The van der Waals surface area contributed by atoms with Crippen molar-refractivity contribution < 1.29 is 22.8 Å². The molecule has 0 N–H and O–H groups in total. The Labute approximate surface area is 181 Å². The van der Waals surface area contributed by atoms with Crippen LogP contribution in [0, 0.1) is 0 Å². The van der Waals surface area contributed by atoms with Gasteiger partial charge in [-0.2, -0.15) is 13.2 Å². The van der Waals surface area contributed by atoms with E-state index in [1.54, 1.807) is 48.9 Å². The Morgan fingerprint density at radius 2 is 1.94 bits per heavy atom. The maximum absolute atomic E-state index is 13.6. The second-order valence-corrected chi connectivity index (χ2v) is 7.62. The first-order valence-corrected chi connectivity index (χ1v) is 10.6. The summed E-state index contributed by atoms with van der Waals surface area (Å²) in [6, 6.07) is 13.9. The Bertz CT molecular complexity index is 1080. The molecule has 160 valence electrons. The fourth-order valence-electron chi connectivity index (χ4n) is 3.38. The fourth-order valence-corrected chi connectivity index (χ4v) is 4.03. The molecule has 4 rings (SSSR count). The summed E-state index contributed by atoms with van der Waals surface area (Å²) >= 11 is 1.04. The summed E-state index contributed by atoms with van der Waals surface area (Å²) < 4.78 is 40.7. The topological polar surface area (TPSA) is 45.7 Å². The maximum atomic E-state index is 13.6. The number of carbonyl (C=O) groups is 1. The van der Waals surface area contributed by atoms with E-state index in [-0.39, 0.29) is 17.1 Å². The summed E-state index contributed by atoms with van der Waals surface area (Å²) in [5.74, 6) is 0.410. The standard InChI is InChI=1S/C22H18F3N3O2S/c1-31-20-12-15-9-11-27(19(15)13-18(20)22(23,24)25)21(29)28(16-6-5-10-26-14-16)30-17-7-3-2-4-8-17/h2-8,10,12-14H,9,11H2,1H3. The van der Waals surface area contributed by atoms with Gasteiger partial charge in [-0.3, -0.25) is 9.88 Å². The molecule has 9 heteroatoms. The van der Waals surface area contributed by atoms with Gasteiger partial charge in [0.1, 0.15) is 5.69 Å². The summed E-state index contributed by atoms with van der Waals surface area (Å²) in [4.78, 5) is 24.7. The van der Waals surface area contributed by atoms with Crippen LogP contribution in [0.4, 0.5) is 29.3 Å². The lowest BCUT2D eigenvalue weighted by atomic mass is 10.1. The molecule has 2 amide bonds. The Balaban J connectivity index is 1.72. The Hall–Kier alpha value is -3.20. The Kier molecular flexibility index (Phi) is 5.77. The van der Waals surface area contributed by atoms with Crippen molar-refractivity contribution in [3.8, 4) is 5.75 Å². The van der Waals surface area contributed by atoms with E-state index in [9.17, 15) is 18.0 Å². The number of hydrogen-bond acceptors (Lipinski definition) is 4. The molecular formula is C22H18F3N3O2S. The molecule has 0 bridgehead atoms. The fraction of sp³-hybridized carbons (Fsp3) is 0.182. The van der Waals surface area contributed by atoms with Gasteiger partial charge in [0.25, 0.3) is 0 Å². The minimum absolute atomic E-state index is 0.144. The molecule has 0 radical (unpaired) electrons. The van der Waals surface area contributed by atoms with Crippen LogP contribution < -0.4 is 14.8 Å². The number of halogens is 3. The number of amides is 2. The van der Waals surface area contributed by atoms with Gasteiger partial charge in [-0.25, -0.2) is 4.79 Å². The summed E-state index contributed by atoms with van der Waals surface area (Å²) in [6.45, 7) is 0.248. The highest BCUT2D eigenvalue weighted by atomic mass is 32.2. The van der Waals surface area contributed by atoms with Crippen molar-refractivity contribution >= 4 is 29.2 Å². The van der Waals surface area contributed by atoms with E-state index in [0.29, 0.717) is 23.4 Å². The average Bonchev–Trinajstić information content (AvgIpc) is 3.20. The number of aromatic nitrogens is 1. The predicted molar refractivity (Wildman–Crippen MR) is 113 cm³/mol. The van der Waals surface area contributed by atoms with Crippen molar-refractivity contribution in [2.75, 3.05) is 22.8 Å². The molecule has 0 saturated heterocycles. The number of hydrogen-bond donors (Lipinski definition) is 0. The molecule has 5 nitrogen and oxygen atoms in total. The Morgan fingerprint density at radius 1 is 1.16 bits per heavy atom. The van der Waals surface area contributed by atoms with Crippen LogP contribution in [0.1, 0.15) is 11.1 Å². The number of thioether (sulfide) groups is 1. The van der Waals surface area contributed by atoms with Gasteiger partial charge in [-0.05, 0) is 54.6 Å². The smallest absolute Gasteiger partial charge is 0.370 e. The highest BCUT2D eigenvalue weighted by Crippen LogP contribution is 2.42. The number of para-hydroxylation sites is 1. The van der Waals surface area contributed by atoms with Crippen molar-refractivity contribution in [3.05, 3.63) is 78.1 Å². The maximum Gasteiger partial charge on any atom is 0.417 e. The van der Waals surface area contributed by atoms with Crippen LogP contribution in [0.15, 0.2) is 71.9 Å². The van der Waals surface area contributed by atoms with E-state index in [0.717, 1.165) is 22.9 Å². The first-order chi connectivity index (χ1) is 14.9. The zero-order valence-corrected chi connectivity index (χ0v) is 17.3. The van der Waals surface area contributed by atoms with E-state index in [2.05, 4.69) is 4.98 Å². The second kappa shape index (κ2) is 8.50. The van der Waals surface area contributed by atoms with Gasteiger partial charge in [-0.1, -0.05) is 18.2 Å². The largest absolute Gasteiger partial charge is 0.417 e. The lowest BCUT2D eigenvalue weighted by Crippen LogP contribution is -2.45. The predicted octanol–water partition coefficient (Wildman–Crippen LogP) is 5.81. The third-order valence-electron chi connectivity index (χ3n) is 4.83. The zero-order chi connectivity index (χ0) is 22.0. The van der Waals surface area contributed by atoms with E-state index >= 15 is 0 Å². The zero-order valence-electron chi connectivity index (χ0n) is 16.5. The van der Waals surface area contributed by atoms with Crippen LogP contribution in [-0.2, 0) is 12.6 Å². The molecule has 0 fully saturated rings. The third kappa shape index (κ3) is 4.32. The number of urea groups is 1. The summed E-state index contributed by atoms with van der Waals surface area (Å²) in [6.07, 6.45) is 0.551. The molecule has 2 heterocycles. The molecule has 3 aromatic rings. The molecule has 0 spiro atoms. The molecule has 1 aliphatic heterocycles. The number of carbonyl (C=O) groups excluding carboxylic acids is 1. The van der Waals surface area contributed by atoms with E-state index in [1.165, 1.54) is 17.2 Å². The number of anilines is 2. The van der Waals surface area contributed by atoms with Gasteiger partial charge in [-0.15, -0.1) is 16.8 Å². The first kappa shape index (κ1) is 21.0. The molecular weight excluding hydrogens is 427 g/mol. The summed E-state index contributed by atoms with van der Waals surface area (Å²) in [5, 5.41) is 1.05. The van der Waals surface area contributed by atoms with E-state index in [1.807, 2.05) is 6.07 Å². The van der Waals surface area contributed by atoms with Crippen molar-refractivity contribution in [2.24, 2.45) is 0 Å². The van der Waals surface area contributed by atoms with E-state index < -0.39 is 17.8 Å². The molecule has 0 unspecified atom stereocenters. The third-order valence-corrected chi connectivity index (χ3v) is 5.60. The highest BCUT2D eigenvalue weighted by molar-refractivity contribution is 7.98. The van der Waals surface area contributed by atoms with Gasteiger partial charge < -0.3 is 4.84 Å². The average molecular weight is 445 g/mol. The molecule has 1 aromatic heterocycles. The number of rotatable bonds is 4. The number of fused-ring (bicyclic) bond motifs is 1. The number of hydroxylamine groups is 1. The normalized spacial score (nSPS) is 13.1. The van der Waals surface area contributed by atoms with E-state index in [4.69, 9.17) is 4.84 Å². The van der Waals surface area contributed by atoms with Crippen molar-refractivity contribution in [1.82, 2.24) is 4.98 Å². The van der Waals surface area contributed by atoms with Crippen molar-refractivity contribution in [3.63, 3.8) is 0 Å². The van der Waals surface area contributed by atoms with Crippen molar-refractivity contribution in [1.29, 1.82) is 0 Å². The quantitative estimate of drug-likeness (QED) is 0.376. The molecule has 2 aromatic carbocycles. The highest BCUT2D eigenvalue weighted by Gasteiger charge is 2.38.